The minimum Gasteiger partial charge on any atom is -0.378 e. The Balaban J connectivity index is 2.01. The minimum atomic E-state index is 0.0459. The lowest BCUT2D eigenvalue weighted by Gasteiger charge is -2.31. The third-order valence-corrected chi connectivity index (χ3v) is 4.27. The quantitative estimate of drug-likeness (QED) is 0.808. The van der Waals surface area contributed by atoms with Crippen LogP contribution >= 0.6 is 0 Å². The Morgan fingerprint density at radius 1 is 1.14 bits per heavy atom. The van der Waals surface area contributed by atoms with Crippen LogP contribution in [0.3, 0.4) is 0 Å². The number of allylic oxidation sites excluding steroid dienone is 2. The third-order valence-electron chi connectivity index (χ3n) is 4.27. The van der Waals surface area contributed by atoms with Gasteiger partial charge in [-0.15, -0.1) is 0 Å². The molecule has 0 atom stereocenters. The maximum atomic E-state index is 12.6. The van der Waals surface area contributed by atoms with Crippen molar-refractivity contribution in [2.24, 2.45) is 0 Å². The molecule has 0 unspecified atom stereocenters. The number of aromatic nitrogens is 2. The van der Waals surface area contributed by atoms with Gasteiger partial charge in [-0.3, -0.25) is 4.79 Å². The number of anilines is 1. The van der Waals surface area contributed by atoms with Crippen LogP contribution in [0.2, 0.25) is 0 Å². The molecule has 2 aliphatic rings. The third kappa shape index (κ3) is 1.93. The Labute approximate surface area is 128 Å². The van der Waals surface area contributed by atoms with Gasteiger partial charge in [0, 0.05) is 24.2 Å². The molecule has 1 saturated heterocycles. The van der Waals surface area contributed by atoms with Crippen LogP contribution in [0.15, 0.2) is 18.2 Å². The van der Waals surface area contributed by atoms with Crippen LogP contribution in [0.1, 0.15) is 28.8 Å². The fourth-order valence-corrected chi connectivity index (χ4v) is 3.27. The lowest BCUT2D eigenvalue weighted by molar-refractivity contribution is 0.104. The number of benzene rings is 1. The zero-order chi connectivity index (χ0) is 15.3. The van der Waals surface area contributed by atoms with Gasteiger partial charge >= 0.3 is 0 Å². The molecule has 5 heteroatoms. The van der Waals surface area contributed by atoms with E-state index in [9.17, 15) is 4.79 Å². The molecular formula is C17H17N3O2. The maximum absolute atomic E-state index is 12.6. The van der Waals surface area contributed by atoms with Crippen LogP contribution in [-0.2, 0) is 4.74 Å². The molecule has 1 aliphatic carbocycles. The molecule has 0 saturated carbocycles. The fourth-order valence-electron chi connectivity index (χ4n) is 3.27. The van der Waals surface area contributed by atoms with Crippen molar-refractivity contribution in [1.29, 1.82) is 0 Å². The summed E-state index contributed by atoms with van der Waals surface area (Å²) in [7, 11) is 0. The lowest BCUT2D eigenvalue weighted by Crippen LogP contribution is -2.37. The number of ether oxygens (including phenoxy) is 1. The molecule has 0 N–H and O–H groups in total. The zero-order valence-corrected chi connectivity index (χ0v) is 12.7. The number of carbonyl (C=O) groups is 1. The van der Waals surface area contributed by atoms with E-state index in [2.05, 4.69) is 14.9 Å². The monoisotopic (exact) mass is 295 g/mol. The smallest absolute Gasteiger partial charge is 0.189 e. The van der Waals surface area contributed by atoms with E-state index in [1.165, 1.54) is 0 Å². The molecule has 2 aromatic rings. The van der Waals surface area contributed by atoms with E-state index in [4.69, 9.17) is 4.74 Å². The molecule has 2 heterocycles. The molecule has 0 bridgehead atoms. The molecular weight excluding hydrogens is 278 g/mol. The van der Waals surface area contributed by atoms with Crippen LogP contribution in [0.4, 0.5) is 5.69 Å². The first-order valence-electron chi connectivity index (χ1n) is 7.52. The van der Waals surface area contributed by atoms with E-state index in [1.54, 1.807) is 6.08 Å². The summed E-state index contributed by atoms with van der Waals surface area (Å²) < 4.78 is 5.42. The van der Waals surface area contributed by atoms with Gasteiger partial charge in [-0.1, -0.05) is 0 Å². The second-order valence-corrected chi connectivity index (χ2v) is 5.76. The molecule has 1 aromatic heterocycles. The normalized spacial score (nSPS) is 17.8. The van der Waals surface area contributed by atoms with E-state index in [-0.39, 0.29) is 5.78 Å². The predicted octanol–water partition coefficient (Wildman–Crippen LogP) is 2.37. The number of ketones is 1. The van der Waals surface area contributed by atoms with Gasteiger partial charge in [-0.2, -0.15) is 0 Å². The van der Waals surface area contributed by atoms with Gasteiger partial charge in [0.2, 0.25) is 0 Å². The topological polar surface area (TPSA) is 55.3 Å². The molecule has 1 aliphatic heterocycles. The van der Waals surface area contributed by atoms with Crippen molar-refractivity contribution < 1.29 is 9.53 Å². The molecule has 1 aromatic carbocycles. The van der Waals surface area contributed by atoms with Gasteiger partial charge in [0.05, 0.1) is 30.0 Å². The zero-order valence-electron chi connectivity index (χ0n) is 12.7. The molecule has 0 radical (unpaired) electrons. The molecule has 1 fully saturated rings. The van der Waals surface area contributed by atoms with Crippen molar-refractivity contribution in [1.82, 2.24) is 9.97 Å². The van der Waals surface area contributed by atoms with Crippen molar-refractivity contribution >= 4 is 27.9 Å². The molecule has 4 rings (SSSR count). The van der Waals surface area contributed by atoms with Crippen molar-refractivity contribution in [3.8, 4) is 0 Å². The van der Waals surface area contributed by atoms with E-state index in [0.717, 1.165) is 52.3 Å². The summed E-state index contributed by atoms with van der Waals surface area (Å²) in [4.78, 5) is 23.9. The number of nitrogens with zero attached hydrogens (tertiary/aromatic N) is 3. The van der Waals surface area contributed by atoms with Gasteiger partial charge in [0.1, 0.15) is 5.82 Å². The highest BCUT2D eigenvalue weighted by Gasteiger charge is 2.26. The Morgan fingerprint density at radius 2 is 1.91 bits per heavy atom. The van der Waals surface area contributed by atoms with E-state index in [1.807, 2.05) is 26.0 Å². The van der Waals surface area contributed by atoms with E-state index < -0.39 is 0 Å². The van der Waals surface area contributed by atoms with Crippen molar-refractivity contribution in [2.75, 3.05) is 31.2 Å². The number of aryl methyl sites for hydroxylation is 1. The van der Waals surface area contributed by atoms with Gasteiger partial charge < -0.3 is 9.64 Å². The summed E-state index contributed by atoms with van der Waals surface area (Å²) in [6, 6.07) is 4.00. The van der Waals surface area contributed by atoms with Crippen molar-refractivity contribution in [3.63, 3.8) is 0 Å². The largest absolute Gasteiger partial charge is 0.378 e. The highest BCUT2D eigenvalue weighted by atomic mass is 16.5. The summed E-state index contributed by atoms with van der Waals surface area (Å²) >= 11 is 0. The molecule has 112 valence electrons. The molecule has 0 amide bonds. The second-order valence-electron chi connectivity index (χ2n) is 5.76. The number of hydrogen-bond donors (Lipinski definition) is 0. The van der Waals surface area contributed by atoms with Crippen molar-refractivity contribution in [3.05, 3.63) is 35.3 Å². The summed E-state index contributed by atoms with van der Waals surface area (Å²) in [5.41, 5.74) is 4.34. The SMILES string of the molecule is CC1=CC(=O)c2c(N3CCOCC3)ccc3nc(C)nc1c23. The lowest BCUT2D eigenvalue weighted by atomic mass is 9.91. The standard InChI is InChI=1S/C17H17N3O2/c1-10-9-14(21)16-13(20-5-7-22-8-6-20)4-3-12-15(16)17(10)19-11(2)18-12/h3-4,9H,5-8H2,1-2H3. The van der Waals surface area contributed by atoms with Gasteiger partial charge in [-0.05, 0) is 37.6 Å². The Kier molecular flexibility index (Phi) is 2.97. The highest BCUT2D eigenvalue weighted by molar-refractivity contribution is 6.23. The number of carbonyl (C=O) groups excluding carboxylic acids is 1. The molecule has 5 nitrogen and oxygen atoms in total. The highest BCUT2D eigenvalue weighted by Crippen LogP contribution is 2.36. The number of hydrogen-bond acceptors (Lipinski definition) is 5. The van der Waals surface area contributed by atoms with Gasteiger partial charge in [-0.25, -0.2) is 9.97 Å². The minimum absolute atomic E-state index is 0.0459. The van der Waals surface area contributed by atoms with E-state index >= 15 is 0 Å². The average molecular weight is 295 g/mol. The summed E-state index contributed by atoms with van der Waals surface area (Å²) in [5.74, 6) is 0.777. The van der Waals surface area contributed by atoms with Gasteiger partial charge in [0.25, 0.3) is 0 Å². The summed E-state index contributed by atoms with van der Waals surface area (Å²) in [6.45, 7) is 6.81. The summed E-state index contributed by atoms with van der Waals surface area (Å²) in [5, 5.41) is 0.889. The summed E-state index contributed by atoms with van der Waals surface area (Å²) in [6.07, 6.45) is 1.69. The average Bonchev–Trinajstić information content (AvgIpc) is 2.52. The number of rotatable bonds is 1. The first kappa shape index (κ1) is 13.4. The Morgan fingerprint density at radius 3 is 2.68 bits per heavy atom. The molecule has 22 heavy (non-hydrogen) atoms. The predicted molar refractivity (Wildman–Crippen MR) is 85.3 cm³/mol. The van der Waals surface area contributed by atoms with Gasteiger partial charge in [0.15, 0.2) is 5.78 Å². The Hall–Kier alpha value is -2.27. The van der Waals surface area contributed by atoms with E-state index in [0.29, 0.717) is 13.2 Å². The van der Waals surface area contributed by atoms with Crippen molar-refractivity contribution in [2.45, 2.75) is 13.8 Å². The van der Waals surface area contributed by atoms with Crippen LogP contribution in [0.25, 0.3) is 16.5 Å². The first-order chi connectivity index (χ1) is 10.6. The van der Waals surface area contributed by atoms with Crippen LogP contribution < -0.4 is 4.90 Å². The molecule has 0 spiro atoms. The fraction of sp³-hybridized carbons (Fsp3) is 0.353. The number of morpholine rings is 1. The van der Waals surface area contributed by atoms with Crippen LogP contribution in [0, 0.1) is 6.92 Å². The second kappa shape index (κ2) is 4.88. The van der Waals surface area contributed by atoms with Crippen LogP contribution in [-0.4, -0.2) is 42.1 Å². The Bertz CT molecular complexity index is 820. The maximum Gasteiger partial charge on any atom is 0.189 e. The van der Waals surface area contributed by atoms with Crippen LogP contribution in [0.5, 0.6) is 0 Å². The first-order valence-corrected chi connectivity index (χ1v) is 7.52.